The molecule has 1 aromatic heterocycles. The number of nitrogens with zero attached hydrogens (tertiary/aromatic N) is 3. The van der Waals surface area contributed by atoms with Crippen LogP contribution in [0, 0.1) is 23.2 Å². The Morgan fingerprint density at radius 1 is 1.19 bits per heavy atom. The number of likely N-dealkylation sites (tertiary alicyclic amines) is 1. The summed E-state index contributed by atoms with van der Waals surface area (Å²) in [6, 6.07) is -0.210. The molecule has 0 spiro atoms. The number of anilines is 1. The van der Waals surface area contributed by atoms with Crippen LogP contribution in [0.2, 0.25) is 0 Å². The van der Waals surface area contributed by atoms with Gasteiger partial charge in [0.1, 0.15) is 6.10 Å². The number of carbonyl (C=O) groups excluding carboxylic acids is 2. The lowest BCUT2D eigenvalue weighted by Crippen LogP contribution is -2.59. The normalized spacial score (nSPS) is 36.6. The summed E-state index contributed by atoms with van der Waals surface area (Å²) < 4.78 is 44.0. The van der Waals surface area contributed by atoms with E-state index in [9.17, 15) is 22.8 Å². The first-order valence-electron chi connectivity index (χ1n) is 10.6. The highest BCUT2D eigenvalue weighted by Gasteiger charge is 2.59. The van der Waals surface area contributed by atoms with Crippen molar-refractivity contribution in [1.29, 1.82) is 0 Å². The van der Waals surface area contributed by atoms with Crippen LogP contribution in [0.1, 0.15) is 43.5 Å². The Morgan fingerprint density at radius 3 is 2.52 bits per heavy atom. The number of nitrogens with two attached hydrogens (primary N) is 1. The second-order valence-corrected chi connectivity index (χ2v) is 10.4. The summed E-state index contributed by atoms with van der Waals surface area (Å²) >= 11 is 0.451. The molecule has 6 rings (SSSR count). The molecule has 2 unspecified atom stereocenters. The van der Waals surface area contributed by atoms with E-state index in [4.69, 9.17) is 10.5 Å². The van der Waals surface area contributed by atoms with E-state index in [1.54, 1.807) is 4.90 Å². The highest BCUT2D eigenvalue weighted by Crippen LogP contribution is 2.60. The van der Waals surface area contributed by atoms with Crippen LogP contribution in [0.15, 0.2) is 0 Å². The summed E-state index contributed by atoms with van der Waals surface area (Å²) in [5.41, 5.74) is 5.28. The monoisotopic (exact) mass is 459 g/mol. The van der Waals surface area contributed by atoms with Crippen molar-refractivity contribution >= 4 is 28.5 Å². The van der Waals surface area contributed by atoms with Gasteiger partial charge in [0.15, 0.2) is 0 Å². The maximum absolute atomic E-state index is 12.8. The second-order valence-electron chi connectivity index (χ2n) is 9.45. The Bertz CT molecular complexity index is 877. The number of alkyl halides is 3. The number of hydrogen-bond acceptors (Lipinski definition) is 7. The fourth-order valence-corrected chi connectivity index (χ4v) is 6.97. The molecule has 3 atom stereocenters. The standard InChI is InChI=1S/C19H24F3N5O3S/c20-19(21,22)15-25-26-16(31-15)24-12-1-2-27(8-12)17(29)30-13-10-3-9-4-11(13)7-18(5-9,6-10)14(23)28/h9-13H,1-8H2,(H2,23,28)(H,24,26)/t9?,10?,11?,12-,13-,18-/m1/s1. The molecule has 4 aliphatic carbocycles. The average molecular weight is 459 g/mol. The molecule has 8 nitrogen and oxygen atoms in total. The number of rotatable bonds is 4. The van der Waals surface area contributed by atoms with Crippen molar-refractivity contribution in [2.45, 2.75) is 56.8 Å². The van der Waals surface area contributed by atoms with E-state index in [2.05, 4.69) is 15.5 Å². The minimum absolute atomic E-state index is 0.0883. The molecule has 5 fully saturated rings. The van der Waals surface area contributed by atoms with Gasteiger partial charge in [0.25, 0.3) is 0 Å². The van der Waals surface area contributed by atoms with E-state index < -0.39 is 22.7 Å². The fraction of sp³-hybridized carbons (Fsp3) is 0.789. The minimum atomic E-state index is -4.52. The molecule has 170 valence electrons. The smallest absolute Gasteiger partial charge is 0.445 e. The maximum atomic E-state index is 12.8. The zero-order valence-electron chi connectivity index (χ0n) is 16.7. The lowest BCUT2D eigenvalue weighted by Gasteiger charge is -2.58. The lowest BCUT2D eigenvalue weighted by molar-refractivity contribution is -0.161. The first-order valence-corrected chi connectivity index (χ1v) is 11.4. The number of ether oxygens (including phenoxy) is 1. The SMILES string of the molecule is NC(=O)[C@]12CC3CC(C1)[C@@H](OC(=O)N1CC[C@@H](Nc4nnc(C(F)(F)F)s4)C1)C(C3)C2. The molecule has 4 bridgehead atoms. The predicted octanol–water partition coefficient (Wildman–Crippen LogP) is 2.86. The number of aromatic nitrogens is 2. The fourth-order valence-electron chi connectivity index (χ4n) is 6.28. The lowest BCUT2D eigenvalue weighted by atomic mass is 9.48. The Balaban J connectivity index is 1.17. The van der Waals surface area contributed by atoms with E-state index in [-0.39, 0.29) is 35.0 Å². The van der Waals surface area contributed by atoms with Gasteiger partial charge in [-0.05, 0) is 56.3 Å². The molecule has 0 aromatic carbocycles. The number of halogens is 3. The topological polar surface area (TPSA) is 110 Å². The van der Waals surface area contributed by atoms with Crippen LogP contribution >= 0.6 is 11.3 Å². The molecular weight excluding hydrogens is 435 g/mol. The number of carbonyl (C=O) groups is 2. The van der Waals surface area contributed by atoms with Crippen molar-refractivity contribution in [2.24, 2.45) is 28.9 Å². The Hall–Kier alpha value is -2.11. The van der Waals surface area contributed by atoms with Crippen LogP contribution in [-0.2, 0) is 15.7 Å². The van der Waals surface area contributed by atoms with Crippen LogP contribution in [0.25, 0.3) is 0 Å². The highest BCUT2D eigenvalue weighted by atomic mass is 32.1. The molecule has 4 saturated carbocycles. The molecule has 0 radical (unpaired) electrons. The summed E-state index contributed by atoms with van der Waals surface area (Å²) in [6.07, 6.45) is -0.360. The zero-order valence-corrected chi connectivity index (χ0v) is 17.5. The van der Waals surface area contributed by atoms with Crippen LogP contribution in [0.5, 0.6) is 0 Å². The molecule has 31 heavy (non-hydrogen) atoms. The molecule has 1 aliphatic heterocycles. The first-order chi connectivity index (χ1) is 14.6. The number of nitrogens with one attached hydrogen (secondary N) is 1. The van der Waals surface area contributed by atoms with Crippen molar-refractivity contribution in [3.05, 3.63) is 5.01 Å². The predicted molar refractivity (Wildman–Crippen MR) is 104 cm³/mol. The van der Waals surface area contributed by atoms with Gasteiger partial charge in [0, 0.05) is 19.1 Å². The number of hydrogen-bond donors (Lipinski definition) is 2. The van der Waals surface area contributed by atoms with E-state index in [1.165, 1.54) is 0 Å². The summed E-state index contributed by atoms with van der Waals surface area (Å²) in [5, 5.41) is 8.73. The molecule has 12 heteroatoms. The van der Waals surface area contributed by atoms with Gasteiger partial charge >= 0.3 is 12.3 Å². The summed E-state index contributed by atoms with van der Waals surface area (Å²) in [4.78, 5) is 26.4. The van der Waals surface area contributed by atoms with Crippen LogP contribution in [-0.4, -0.2) is 52.3 Å². The summed E-state index contributed by atoms with van der Waals surface area (Å²) in [6.45, 7) is 0.785. The third-order valence-electron chi connectivity index (χ3n) is 7.39. The molecule has 1 aromatic rings. The second kappa shape index (κ2) is 7.21. The van der Waals surface area contributed by atoms with E-state index in [0.29, 0.717) is 49.6 Å². The van der Waals surface area contributed by atoms with Crippen LogP contribution in [0.4, 0.5) is 23.1 Å². The number of amides is 2. The van der Waals surface area contributed by atoms with Crippen LogP contribution < -0.4 is 11.1 Å². The zero-order chi connectivity index (χ0) is 22.0. The largest absolute Gasteiger partial charge is 0.446 e. The van der Waals surface area contributed by atoms with E-state index >= 15 is 0 Å². The molecule has 3 N–H and O–H groups in total. The van der Waals surface area contributed by atoms with Crippen LogP contribution in [0.3, 0.4) is 0 Å². The van der Waals surface area contributed by atoms with E-state index in [0.717, 1.165) is 19.3 Å². The highest BCUT2D eigenvalue weighted by molar-refractivity contribution is 7.15. The van der Waals surface area contributed by atoms with Gasteiger partial charge in [0.05, 0.1) is 5.41 Å². The molecule has 2 heterocycles. The van der Waals surface area contributed by atoms with Crippen molar-refractivity contribution in [3.8, 4) is 0 Å². The van der Waals surface area contributed by atoms with Gasteiger partial charge in [-0.25, -0.2) is 4.79 Å². The van der Waals surface area contributed by atoms with Gasteiger partial charge in [-0.3, -0.25) is 4.79 Å². The first kappa shape index (κ1) is 20.8. The van der Waals surface area contributed by atoms with E-state index in [1.807, 2.05) is 0 Å². The van der Waals surface area contributed by atoms with Crippen molar-refractivity contribution in [2.75, 3.05) is 18.4 Å². The Morgan fingerprint density at radius 2 is 1.90 bits per heavy atom. The van der Waals surface area contributed by atoms with Crippen molar-refractivity contribution in [1.82, 2.24) is 15.1 Å². The molecule has 2 amide bonds. The van der Waals surface area contributed by atoms with Crippen molar-refractivity contribution in [3.63, 3.8) is 0 Å². The third-order valence-corrected chi connectivity index (χ3v) is 8.29. The van der Waals surface area contributed by atoms with Gasteiger partial charge < -0.3 is 20.7 Å². The number of primary amides is 1. The average Bonchev–Trinajstić information content (AvgIpc) is 3.34. The minimum Gasteiger partial charge on any atom is -0.446 e. The van der Waals surface area contributed by atoms with Crippen molar-refractivity contribution < 1.29 is 27.5 Å². The molecular formula is C19H24F3N5O3S. The quantitative estimate of drug-likeness (QED) is 0.717. The third kappa shape index (κ3) is 3.72. The van der Waals surface area contributed by atoms with Gasteiger partial charge in [0.2, 0.25) is 16.0 Å². The Kier molecular flexibility index (Phi) is 4.83. The molecule has 1 saturated heterocycles. The Labute approximate surface area is 180 Å². The van der Waals surface area contributed by atoms with Gasteiger partial charge in [-0.2, -0.15) is 13.2 Å². The summed E-state index contributed by atoms with van der Waals surface area (Å²) in [7, 11) is 0. The van der Waals surface area contributed by atoms with Gasteiger partial charge in [-0.15, -0.1) is 10.2 Å². The summed E-state index contributed by atoms with van der Waals surface area (Å²) in [5.74, 6) is 0.590. The maximum Gasteiger partial charge on any atom is 0.445 e. The molecule has 5 aliphatic rings. The van der Waals surface area contributed by atoms with Gasteiger partial charge in [-0.1, -0.05) is 11.3 Å².